The third kappa shape index (κ3) is 2.96. The van der Waals surface area contributed by atoms with Gasteiger partial charge in [0.2, 0.25) is 0 Å². The first kappa shape index (κ1) is 16.0. The monoisotopic (exact) mass is 335 g/mol. The molecule has 2 atom stereocenters. The summed E-state index contributed by atoms with van der Waals surface area (Å²) in [5.41, 5.74) is 1.34. The number of aryl methyl sites for hydroxylation is 1. The number of rotatable bonds is 2. The Morgan fingerprint density at radius 3 is 2.87 bits per heavy atom. The lowest BCUT2D eigenvalue weighted by Crippen LogP contribution is -2.47. The molecule has 122 valence electrons. The second-order valence-corrected chi connectivity index (χ2v) is 6.02. The van der Waals surface area contributed by atoms with Crippen molar-refractivity contribution >= 4 is 17.5 Å². The van der Waals surface area contributed by atoms with Crippen LogP contribution in [0, 0.1) is 13.8 Å². The van der Waals surface area contributed by atoms with E-state index in [0.29, 0.717) is 35.5 Å². The van der Waals surface area contributed by atoms with E-state index in [1.54, 1.807) is 30.0 Å². The molecule has 1 aromatic heterocycles. The Labute approximate surface area is 139 Å². The summed E-state index contributed by atoms with van der Waals surface area (Å²) in [5, 5.41) is 4.40. The predicted octanol–water partition coefficient (Wildman–Crippen LogP) is 2.94. The number of hydrogen-bond donors (Lipinski definition) is 0. The lowest BCUT2D eigenvalue weighted by Gasteiger charge is -2.38. The van der Waals surface area contributed by atoms with Gasteiger partial charge in [-0.1, -0.05) is 22.8 Å². The van der Waals surface area contributed by atoms with Gasteiger partial charge in [-0.15, -0.1) is 0 Å². The summed E-state index contributed by atoms with van der Waals surface area (Å²) < 4.78 is 11.0. The van der Waals surface area contributed by atoms with Crippen molar-refractivity contribution in [3.63, 3.8) is 0 Å². The number of ether oxygens (including phenoxy) is 1. The molecule has 0 bridgehead atoms. The highest BCUT2D eigenvalue weighted by atomic mass is 35.5. The number of amides is 1. The predicted molar refractivity (Wildman–Crippen MR) is 84.4 cm³/mol. The summed E-state index contributed by atoms with van der Waals surface area (Å²) in [6, 6.07) is 4.92. The zero-order chi connectivity index (χ0) is 16.6. The largest absolute Gasteiger partial charge is 0.374 e. The Morgan fingerprint density at radius 2 is 2.17 bits per heavy atom. The van der Waals surface area contributed by atoms with Crippen LogP contribution in [0.4, 0.5) is 0 Å². The summed E-state index contributed by atoms with van der Waals surface area (Å²) >= 11 is 6.15. The van der Waals surface area contributed by atoms with Crippen molar-refractivity contribution in [2.75, 3.05) is 13.2 Å². The third-order valence-corrected chi connectivity index (χ3v) is 4.46. The van der Waals surface area contributed by atoms with Gasteiger partial charge < -0.3 is 14.2 Å². The van der Waals surface area contributed by atoms with Gasteiger partial charge in [0.05, 0.1) is 12.7 Å². The summed E-state index contributed by atoms with van der Waals surface area (Å²) in [5.74, 6) is 0.813. The minimum atomic E-state index is -0.407. The number of nitrogens with zero attached hydrogens (tertiary/aromatic N) is 3. The van der Waals surface area contributed by atoms with E-state index in [0.717, 1.165) is 5.56 Å². The number of aromatic nitrogens is 2. The zero-order valence-electron chi connectivity index (χ0n) is 13.2. The van der Waals surface area contributed by atoms with Crippen molar-refractivity contribution in [3.05, 3.63) is 46.1 Å². The van der Waals surface area contributed by atoms with Crippen LogP contribution in [0.3, 0.4) is 0 Å². The Kier molecular flexibility index (Phi) is 4.37. The smallest absolute Gasteiger partial charge is 0.255 e. The minimum Gasteiger partial charge on any atom is -0.374 e. The van der Waals surface area contributed by atoms with E-state index in [9.17, 15) is 4.79 Å². The first-order valence-electron chi connectivity index (χ1n) is 7.47. The molecule has 0 radical (unpaired) electrons. The van der Waals surface area contributed by atoms with Crippen LogP contribution in [-0.4, -0.2) is 40.2 Å². The fourth-order valence-corrected chi connectivity index (χ4v) is 2.98. The Morgan fingerprint density at radius 1 is 1.39 bits per heavy atom. The molecule has 23 heavy (non-hydrogen) atoms. The molecule has 1 aliphatic heterocycles. The Bertz CT molecular complexity index is 731. The van der Waals surface area contributed by atoms with Crippen molar-refractivity contribution in [1.82, 2.24) is 15.0 Å². The summed E-state index contributed by atoms with van der Waals surface area (Å²) in [7, 11) is 0. The van der Waals surface area contributed by atoms with Gasteiger partial charge in [-0.3, -0.25) is 4.79 Å². The van der Waals surface area contributed by atoms with Crippen LogP contribution in [0.5, 0.6) is 0 Å². The molecule has 1 saturated heterocycles. The molecule has 2 heterocycles. The van der Waals surface area contributed by atoms with Crippen molar-refractivity contribution in [2.24, 2.45) is 0 Å². The van der Waals surface area contributed by atoms with E-state index in [2.05, 4.69) is 10.1 Å². The van der Waals surface area contributed by atoms with Gasteiger partial charge in [0, 0.05) is 17.1 Å². The van der Waals surface area contributed by atoms with Crippen molar-refractivity contribution in [1.29, 1.82) is 0 Å². The average molecular weight is 336 g/mol. The second-order valence-electron chi connectivity index (χ2n) is 5.61. The van der Waals surface area contributed by atoms with Crippen LogP contribution in [0.25, 0.3) is 0 Å². The molecule has 1 fully saturated rings. The standard InChI is InChI=1S/C16H18ClN3O3/c1-9-12(5-4-6-13(9)17)16(21)20-7-8-22-10(2)14(20)15-18-11(3)19-23-15/h4-6,10,14H,7-8H2,1-3H3/t10-,14+/m1/s1. The van der Waals surface area contributed by atoms with E-state index in [1.165, 1.54) is 0 Å². The van der Waals surface area contributed by atoms with Gasteiger partial charge in [0.1, 0.15) is 6.04 Å². The topological polar surface area (TPSA) is 68.5 Å². The molecule has 2 aromatic rings. The molecule has 0 spiro atoms. The van der Waals surface area contributed by atoms with Gasteiger partial charge in [-0.25, -0.2) is 0 Å². The lowest BCUT2D eigenvalue weighted by molar-refractivity contribution is -0.0600. The van der Waals surface area contributed by atoms with E-state index < -0.39 is 6.04 Å². The van der Waals surface area contributed by atoms with Gasteiger partial charge in [-0.2, -0.15) is 4.98 Å². The lowest BCUT2D eigenvalue weighted by atomic mass is 10.0. The highest BCUT2D eigenvalue weighted by Gasteiger charge is 2.38. The third-order valence-electron chi connectivity index (χ3n) is 4.05. The summed E-state index contributed by atoms with van der Waals surface area (Å²) in [6.45, 7) is 6.41. The van der Waals surface area contributed by atoms with Gasteiger partial charge in [0.25, 0.3) is 11.8 Å². The second kappa shape index (κ2) is 6.29. The Hall–Kier alpha value is -1.92. The molecule has 7 heteroatoms. The molecule has 6 nitrogen and oxygen atoms in total. The van der Waals surface area contributed by atoms with Crippen LogP contribution in [0.2, 0.25) is 5.02 Å². The van der Waals surface area contributed by atoms with E-state index in [1.807, 2.05) is 13.8 Å². The molecule has 1 aliphatic rings. The molecule has 0 saturated carbocycles. The van der Waals surface area contributed by atoms with Crippen LogP contribution in [0.15, 0.2) is 22.7 Å². The van der Waals surface area contributed by atoms with Gasteiger partial charge in [-0.05, 0) is 38.5 Å². The normalized spacial score (nSPS) is 21.5. The van der Waals surface area contributed by atoms with E-state index in [-0.39, 0.29) is 12.0 Å². The van der Waals surface area contributed by atoms with E-state index >= 15 is 0 Å². The van der Waals surface area contributed by atoms with Crippen LogP contribution in [-0.2, 0) is 4.74 Å². The van der Waals surface area contributed by atoms with Crippen LogP contribution >= 0.6 is 11.6 Å². The molecule has 1 amide bonds. The molecule has 0 N–H and O–H groups in total. The van der Waals surface area contributed by atoms with Gasteiger partial charge in [0.15, 0.2) is 5.82 Å². The number of carbonyl (C=O) groups is 1. The van der Waals surface area contributed by atoms with Crippen LogP contribution < -0.4 is 0 Å². The first-order valence-corrected chi connectivity index (χ1v) is 7.84. The van der Waals surface area contributed by atoms with Crippen molar-refractivity contribution in [3.8, 4) is 0 Å². The number of halogens is 1. The van der Waals surface area contributed by atoms with Crippen LogP contribution in [0.1, 0.15) is 40.6 Å². The maximum atomic E-state index is 13.0. The highest BCUT2D eigenvalue weighted by Crippen LogP contribution is 2.31. The summed E-state index contributed by atoms with van der Waals surface area (Å²) in [6.07, 6.45) is -0.230. The number of hydrogen-bond acceptors (Lipinski definition) is 5. The molecular formula is C16H18ClN3O3. The van der Waals surface area contributed by atoms with Gasteiger partial charge >= 0.3 is 0 Å². The fraction of sp³-hybridized carbons (Fsp3) is 0.438. The molecule has 0 unspecified atom stereocenters. The fourth-order valence-electron chi connectivity index (χ4n) is 2.81. The number of carbonyl (C=O) groups excluding carboxylic acids is 1. The maximum Gasteiger partial charge on any atom is 0.255 e. The Balaban J connectivity index is 1.98. The molecule has 3 rings (SSSR count). The number of morpholine rings is 1. The average Bonchev–Trinajstić information content (AvgIpc) is 2.95. The first-order chi connectivity index (χ1) is 11.0. The maximum absolute atomic E-state index is 13.0. The SMILES string of the molecule is Cc1noc([C@@H]2[C@@H](C)OCCN2C(=O)c2cccc(Cl)c2C)n1. The van der Waals surface area contributed by atoms with Crippen molar-refractivity contribution < 1.29 is 14.1 Å². The zero-order valence-corrected chi connectivity index (χ0v) is 14.0. The quantitative estimate of drug-likeness (QED) is 0.844. The highest BCUT2D eigenvalue weighted by molar-refractivity contribution is 6.31. The minimum absolute atomic E-state index is 0.110. The molecule has 1 aromatic carbocycles. The summed E-state index contributed by atoms with van der Waals surface area (Å²) in [4.78, 5) is 19.0. The van der Waals surface area contributed by atoms with Crippen molar-refractivity contribution in [2.45, 2.75) is 32.9 Å². The van der Waals surface area contributed by atoms with E-state index in [4.69, 9.17) is 20.9 Å². The molecular weight excluding hydrogens is 318 g/mol. The molecule has 0 aliphatic carbocycles. The number of benzene rings is 1.